The fraction of sp³-hybridized carbons (Fsp3) is 0.238. The number of Topliss-reactive ketones (excluding diaryl/α,β-unsaturated/α-hetero) is 1. The predicted octanol–water partition coefficient (Wildman–Crippen LogP) is 2.87. The molecule has 0 saturated carbocycles. The number of rotatable bonds is 6. The number of carbonyl (C=O) groups excluding carboxylic acids is 4. The lowest BCUT2D eigenvalue weighted by Gasteiger charge is -2.27. The number of ketones is 1. The molecule has 7 heteroatoms. The maximum atomic E-state index is 13.7. The maximum absolute atomic E-state index is 13.7. The van der Waals surface area contributed by atoms with E-state index in [0.29, 0.717) is 0 Å². The van der Waals surface area contributed by atoms with Crippen LogP contribution in [-0.4, -0.2) is 41.1 Å². The molecule has 1 heterocycles. The van der Waals surface area contributed by atoms with Crippen LogP contribution in [0.15, 0.2) is 48.5 Å². The number of benzene rings is 2. The SMILES string of the molecule is CC(C)[C@@H](C(=O)OCC(=O)c1ccccc1F)N1C(=O)c2ccccc2C1=O. The van der Waals surface area contributed by atoms with Crippen molar-refractivity contribution in [3.05, 3.63) is 71.0 Å². The van der Waals surface area contributed by atoms with Gasteiger partial charge in [-0.15, -0.1) is 0 Å². The first-order valence-electron chi connectivity index (χ1n) is 8.74. The Morgan fingerprint density at radius 1 is 0.964 bits per heavy atom. The molecule has 1 aliphatic heterocycles. The number of ether oxygens (including phenoxy) is 1. The third-order valence-corrected chi connectivity index (χ3v) is 4.50. The number of hydrogen-bond donors (Lipinski definition) is 0. The van der Waals surface area contributed by atoms with Gasteiger partial charge in [0.1, 0.15) is 11.9 Å². The van der Waals surface area contributed by atoms with Crippen molar-refractivity contribution in [3.8, 4) is 0 Å². The summed E-state index contributed by atoms with van der Waals surface area (Å²) in [5, 5.41) is 0. The summed E-state index contributed by atoms with van der Waals surface area (Å²) < 4.78 is 18.7. The van der Waals surface area contributed by atoms with Crippen molar-refractivity contribution in [3.63, 3.8) is 0 Å². The van der Waals surface area contributed by atoms with Crippen LogP contribution >= 0.6 is 0 Å². The topological polar surface area (TPSA) is 80.8 Å². The third kappa shape index (κ3) is 3.43. The Bertz CT molecular complexity index is 934. The minimum absolute atomic E-state index is 0.197. The zero-order chi connectivity index (χ0) is 20.4. The van der Waals surface area contributed by atoms with Crippen LogP contribution in [0.3, 0.4) is 0 Å². The van der Waals surface area contributed by atoms with Gasteiger partial charge >= 0.3 is 5.97 Å². The van der Waals surface area contributed by atoms with E-state index in [0.717, 1.165) is 11.0 Å². The van der Waals surface area contributed by atoms with Crippen molar-refractivity contribution in [2.75, 3.05) is 6.61 Å². The average molecular weight is 383 g/mol. The molecule has 0 fully saturated rings. The molecule has 2 aromatic rings. The molecule has 0 aliphatic carbocycles. The maximum Gasteiger partial charge on any atom is 0.330 e. The summed E-state index contributed by atoms with van der Waals surface area (Å²) in [6.45, 7) is 2.63. The van der Waals surface area contributed by atoms with Gasteiger partial charge in [0.15, 0.2) is 6.61 Å². The van der Waals surface area contributed by atoms with E-state index in [9.17, 15) is 23.6 Å². The fourth-order valence-electron chi connectivity index (χ4n) is 3.12. The minimum Gasteiger partial charge on any atom is -0.456 e. The number of esters is 1. The second kappa shape index (κ2) is 7.72. The van der Waals surface area contributed by atoms with E-state index in [1.807, 2.05) is 0 Å². The number of halogens is 1. The summed E-state index contributed by atoms with van der Waals surface area (Å²) >= 11 is 0. The Kier molecular flexibility index (Phi) is 5.35. The van der Waals surface area contributed by atoms with E-state index < -0.39 is 48.0 Å². The molecule has 0 spiro atoms. The van der Waals surface area contributed by atoms with E-state index in [-0.39, 0.29) is 16.7 Å². The highest BCUT2D eigenvalue weighted by molar-refractivity contribution is 6.22. The smallest absolute Gasteiger partial charge is 0.330 e. The molecule has 0 saturated heterocycles. The normalized spacial score (nSPS) is 14.2. The van der Waals surface area contributed by atoms with Crippen molar-refractivity contribution in [2.45, 2.75) is 19.9 Å². The summed E-state index contributed by atoms with van der Waals surface area (Å²) in [6, 6.07) is 10.4. The lowest BCUT2D eigenvalue weighted by molar-refractivity contribution is -0.148. The van der Waals surface area contributed by atoms with Crippen LogP contribution in [0, 0.1) is 11.7 Å². The molecular formula is C21H18FNO5. The highest BCUT2D eigenvalue weighted by Gasteiger charge is 2.44. The lowest BCUT2D eigenvalue weighted by Crippen LogP contribution is -2.49. The van der Waals surface area contributed by atoms with Gasteiger partial charge in [-0.2, -0.15) is 0 Å². The lowest BCUT2D eigenvalue weighted by atomic mass is 10.0. The standard InChI is InChI=1S/C21H18FNO5/c1-12(2)18(23-19(25)13-7-3-4-8-14(13)20(23)26)21(27)28-11-17(24)15-9-5-6-10-16(15)22/h3-10,12,18H,11H2,1-2H3/t18-/m0/s1. The molecule has 28 heavy (non-hydrogen) atoms. The zero-order valence-electron chi connectivity index (χ0n) is 15.3. The van der Waals surface area contributed by atoms with Crippen molar-refractivity contribution >= 4 is 23.6 Å². The van der Waals surface area contributed by atoms with E-state index in [2.05, 4.69) is 0 Å². The molecule has 0 unspecified atom stereocenters. The fourth-order valence-corrected chi connectivity index (χ4v) is 3.12. The number of imide groups is 1. The molecule has 0 radical (unpaired) electrons. The molecule has 3 rings (SSSR count). The largest absolute Gasteiger partial charge is 0.456 e. The minimum atomic E-state index is -1.19. The first-order valence-corrected chi connectivity index (χ1v) is 8.74. The van der Waals surface area contributed by atoms with Crippen LogP contribution in [0.5, 0.6) is 0 Å². The molecule has 0 aromatic heterocycles. The molecule has 1 atom stereocenters. The Balaban J connectivity index is 1.77. The Morgan fingerprint density at radius 3 is 2.04 bits per heavy atom. The van der Waals surface area contributed by atoms with Crippen LogP contribution in [0.25, 0.3) is 0 Å². The molecule has 6 nitrogen and oxygen atoms in total. The number of nitrogens with zero attached hydrogens (tertiary/aromatic N) is 1. The van der Waals surface area contributed by atoms with Gasteiger partial charge in [-0.05, 0) is 30.2 Å². The first kappa shape index (κ1) is 19.4. The molecule has 2 aromatic carbocycles. The first-order chi connectivity index (χ1) is 13.3. The van der Waals surface area contributed by atoms with Crippen LogP contribution in [0.2, 0.25) is 0 Å². The monoisotopic (exact) mass is 383 g/mol. The second-order valence-electron chi connectivity index (χ2n) is 6.73. The second-order valence-corrected chi connectivity index (χ2v) is 6.73. The predicted molar refractivity (Wildman–Crippen MR) is 97.3 cm³/mol. The molecule has 1 aliphatic rings. The number of amides is 2. The summed E-state index contributed by atoms with van der Waals surface area (Å²) in [7, 11) is 0. The van der Waals surface area contributed by atoms with Crippen LogP contribution in [-0.2, 0) is 9.53 Å². The van der Waals surface area contributed by atoms with Gasteiger partial charge in [0.05, 0.1) is 16.7 Å². The summed E-state index contributed by atoms with van der Waals surface area (Å²) in [6.07, 6.45) is 0. The Labute approximate surface area is 160 Å². The quantitative estimate of drug-likeness (QED) is 0.435. The highest BCUT2D eigenvalue weighted by Crippen LogP contribution is 2.27. The summed E-state index contributed by atoms with van der Waals surface area (Å²) in [5.74, 6) is -3.94. The van der Waals surface area contributed by atoms with Gasteiger partial charge in [-0.3, -0.25) is 19.3 Å². The molecular weight excluding hydrogens is 365 g/mol. The van der Waals surface area contributed by atoms with Gasteiger partial charge < -0.3 is 4.74 Å². The van der Waals surface area contributed by atoms with Crippen LogP contribution in [0.4, 0.5) is 4.39 Å². The summed E-state index contributed by atoms with van der Waals surface area (Å²) in [5.41, 5.74) is 0.235. The molecule has 144 valence electrons. The van der Waals surface area contributed by atoms with Crippen LogP contribution in [0.1, 0.15) is 44.9 Å². The number of hydrogen-bond acceptors (Lipinski definition) is 5. The van der Waals surface area contributed by atoms with Crippen molar-refractivity contribution in [1.29, 1.82) is 0 Å². The average Bonchev–Trinajstić information content (AvgIpc) is 2.92. The van der Waals surface area contributed by atoms with E-state index in [4.69, 9.17) is 4.74 Å². The third-order valence-electron chi connectivity index (χ3n) is 4.50. The van der Waals surface area contributed by atoms with E-state index >= 15 is 0 Å². The molecule has 0 bridgehead atoms. The van der Waals surface area contributed by atoms with Gasteiger partial charge in [-0.25, -0.2) is 9.18 Å². The van der Waals surface area contributed by atoms with Crippen molar-refractivity contribution in [1.82, 2.24) is 4.90 Å². The summed E-state index contributed by atoms with van der Waals surface area (Å²) in [4.78, 5) is 50.9. The number of carbonyl (C=O) groups is 4. The Hall–Kier alpha value is -3.35. The van der Waals surface area contributed by atoms with Gasteiger partial charge in [0.2, 0.25) is 5.78 Å². The van der Waals surface area contributed by atoms with Gasteiger partial charge in [0, 0.05) is 0 Å². The van der Waals surface area contributed by atoms with E-state index in [1.54, 1.807) is 26.0 Å². The Morgan fingerprint density at radius 2 is 1.50 bits per heavy atom. The molecule has 0 N–H and O–H groups in total. The van der Waals surface area contributed by atoms with Gasteiger partial charge in [0.25, 0.3) is 11.8 Å². The van der Waals surface area contributed by atoms with Gasteiger partial charge in [-0.1, -0.05) is 38.1 Å². The number of fused-ring (bicyclic) bond motifs is 1. The van der Waals surface area contributed by atoms with Crippen molar-refractivity contribution < 1.29 is 28.3 Å². The van der Waals surface area contributed by atoms with Crippen molar-refractivity contribution in [2.24, 2.45) is 5.92 Å². The molecule has 2 amide bonds. The zero-order valence-corrected chi connectivity index (χ0v) is 15.3. The van der Waals surface area contributed by atoms with E-state index in [1.165, 1.54) is 30.3 Å². The highest BCUT2D eigenvalue weighted by atomic mass is 19.1. The van der Waals surface area contributed by atoms with Crippen LogP contribution < -0.4 is 0 Å².